The molecule has 0 aliphatic rings. The summed E-state index contributed by atoms with van der Waals surface area (Å²) in [7, 11) is 0. The lowest BCUT2D eigenvalue weighted by Gasteiger charge is -2.09. The van der Waals surface area contributed by atoms with Crippen LogP contribution in [0, 0.1) is 0 Å². The number of hydrogen-bond acceptors (Lipinski definition) is 12. The van der Waals surface area contributed by atoms with Gasteiger partial charge in [0.1, 0.15) is 6.61 Å². The van der Waals surface area contributed by atoms with Crippen LogP contribution in [0.5, 0.6) is 0 Å². The van der Waals surface area contributed by atoms with Crippen LogP contribution in [0.3, 0.4) is 0 Å². The molecule has 240 valence electrons. The van der Waals surface area contributed by atoms with Crippen LogP contribution in [-0.2, 0) is 56.9 Å². The Morgan fingerprint density at radius 3 is 0.850 bits per heavy atom. The second-order valence-corrected chi connectivity index (χ2v) is 8.52. The molecule has 0 aromatic heterocycles. The minimum atomic E-state index is -0.308. The van der Waals surface area contributed by atoms with Crippen molar-refractivity contribution < 1.29 is 56.9 Å². The van der Waals surface area contributed by atoms with E-state index >= 15 is 0 Å². The lowest BCUT2D eigenvalue weighted by molar-refractivity contribution is -0.142. The van der Waals surface area contributed by atoms with Gasteiger partial charge in [-0.1, -0.05) is 26.2 Å². The van der Waals surface area contributed by atoms with Gasteiger partial charge in [0, 0.05) is 13.5 Å². The zero-order valence-corrected chi connectivity index (χ0v) is 25.1. The van der Waals surface area contributed by atoms with Gasteiger partial charge in [0.05, 0.1) is 126 Å². The SMILES string of the molecule is CCCCCCOCCOCCOCCOCCOCCOCCOCCOCCOCCOCCOC(C)=O. The average Bonchev–Trinajstić information content (AvgIpc) is 2.95. The van der Waals surface area contributed by atoms with E-state index in [1.165, 1.54) is 26.2 Å². The zero-order chi connectivity index (χ0) is 29.0. The second-order valence-electron chi connectivity index (χ2n) is 8.52. The predicted octanol–water partition coefficient (Wildman–Crippen LogP) is 2.30. The number of hydrogen-bond donors (Lipinski definition) is 0. The zero-order valence-electron chi connectivity index (χ0n) is 25.1. The molecule has 0 aromatic carbocycles. The van der Waals surface area contributed by atoms with Crippen LogP contribution in [0.2, 0.25) is 0 Å². The fourth-order valence-electron chi connectivity index (χ4n) is 2.96. The van der Waals surface area contributed by atoms with Crippen LogP contribution in [0.15, 0.2) is 0 Å². The summed E-state index contributed by atoms with van der Waals surface area (Å²) in [5, 5.41) is 0. The van der Waals surface area contributed by atoms with Gasteiger partial charge < -0.3 is 52.1 Å². The normalized spacial score (nSPS) is 11.3. The highest BCUT2D eigenvalue weighted by Crippen LogP contribution is 1.98. The van der Waals surface area contributed by atoms with Gasteiger partial charge in [0.2, 0.25) is 0 Å². The number of esters is 1. The third-order valence-electron chi connectivity index (χ3n) is 5.02. The van der Waals surface area contributed by atoms with E-state index in [1.54, 1.807) is 0 Å². The van der Waals surface area contributed by atoms with E-state index in [2.05, 4.69) is 6.92 Å². The summed E-state index contributed by atoms with van der Waals surface area (Å²) in [5.74, 6) is -0.308. The quantitative estimate of drug-likeness (QED) is 0.0803. The van der Waals surface area contributed by atoms with Crippen molar-refractivity contribution in [3.8, 4) is 0 Å². The fourth-order valence-corrected chi connectivity index (χ4v) is 2.96. The Morgan fingerprint density at radius 2 is 0.600 bits per heavy atom. The van der Waals surface area contributed by atoms with Crippen LogP contribution in [0.4, 0.5) is 0 Å². The van der Waals surface area contributed by atoms with E-state index in [0.717, 1.165) is 13.0 Å². The summed E-state index contributed by atoms with van der Waals surface area (Å²) in [4.78, 5) is 10.6. The molecule has 0 saturated carbocycles. The molecule has 40 heavy (non-hydrogen) atoms. The maximum Gasteiger partial charge on any atom is 0.302 e. The molecule has 0 rings (SSSR count). The molecule has 0 aliphatic heterocycles. The topological polar surface area (TPSA) is 119 Å². The van der Waals surface area contributed by atoms with Gasteiger partial charge in [-0.3, -0.25) is 4.79 Å². The minimum Gasteiger partial charge on any atom is -0.463 e. The summed E-state index contributed by atoms with van der Waals surface area (Å²) in [6.07, 6.45) is 4.89. The third kappa shape index (κ3) is 37.1. The van der Waals surface area contributed by atoms with Crippen molar-refractivity contribution in [1.29, 1.82) is 0 Å². The largest absolute Gasteiger partial charge is 0.463 e. The van der Waals surface area contributed by atoms with Crippen molar-refractivity contribution in [2.24, 2.45) is 0 Å². The molecule has 0 unspecified atom stereocenters. The maximum absolute atomic E-state index is 10.6. The molecule has 0 bridgehead atoms. The third-order valence-corrected chi connectivity index (χ3v) is 5.02. The molecule has 0 N–H and O–H groups in total. The van der Waals surface area contributed by atoms with Crippen molar-refractivity contribution in [2.75, 3.05) is 139 Å². The highest BCUT2D eigenvalue weighted by molar-refractivity contribution is 5.65. The van der Waals surface area contributed by atoms with Crippen LogP contribution in [-0.4, -0.2) is 145 Å². The number of rotatable bonds is 35. The number of ether oxygens (including phenoxy) is 11. The smallest absolute Gasteiger partial charge is 0.302 e. The van der Waals surface area contributed by atoms with Crippen molar-refractivity contribution in [3.05, 3.63) is 0 Å². The van der Waals surface area contributed by atoms with Crippen molar-refractivity contribution in [1.82, 2.24) is 0 Å². The van der Waals surface area contributed by atoms with Crippen molar-refractivity contribution in [3.63, 3.8) is 0 Å². The number of unbranched alkanes of at least 4 members (excludes halogenated alkanes) is 3. The molecule has 12 heteroatoms. The van der Waals surface area contributed by atoms with E-state index in [0.29, 0.717) is 126 Å². The molecule has 0 fully saturated rings. The highest BCUT2D eigenvalue weighted by Gasteiger charge is 1.97. The van der Waals surface area contributed by atoms with Crippen LogP contribution in [0.25, 0.3) is 0 Å². The molecule has 0 saturated heterocycles. The number of carbonyl (C=O) groups is 1. The fraction of sp³-hybridized carbons (Fsp3) is 0.964. The summed E-state index contributed by atoms with van der Waals surface area (Å²) < 4.78 is 59.1. The molecule has 0 radical (unpaired) electrons. The van der Waals surface area contributed by atoms with E-state index in [-0.39, 0.29) is 12.6 Å². The van der Waals surface area contributed by atoms with E-state index in [1.807, 2.05) is 0 Å². The molecule has 0 atom stereocenters. The summed E-state index contributed by atoms with van der Waals surface area (Å²) in [6.45, 7) is 14.4. The molecule has 0 spiro atoms. The van der Waals surface area contributed by atoms with E-state index in [4.69, 9.17) is 52.1 Å². The predicted molar refractivity (Wildman–Crippen MR) is 149 cm³/mol. The molecule has 0 aromatic rings. The first-order valence-corrected chi connectivity index (χ1v) is 14.7. The summed E-state index contributed by atoms with van der Waals surface area (Å²) in [5.41, 5.74) is 0. The Hall–Kier alpha value is -0.930. The maximum atomic E-state index is 10.6. The Balaban J connectivity index is 3.03. The number of carbonyl (C=O) groups excluding carboxylic acids is 1. The highest BCUT2D eigenvalue weighted by atomic mass is 16.6. The van der Waals surface area contributed by atoms with Gasteiger partial charge in [-0.25, -0.2) is 0 Å². The Morgan fingerprint density at radius 1 is 0.350 bits per heavy atom. The standard InChI is InChI=1S/C28H56O12/c1-3-4-5-6-7-30-8-9-31-10-11-32-12-13-33-14-15-34-16-17-35-18-19-36-20-21-37-22-23-38-24-25-39-26-27-40-28(2)29/h3-27H2,1-2H3. The van der Waals surface area contributed by atoms with Crippen LogP contribution < -0.4 is 0 Å². The summed E-state index contributed by atoms with van der Waals surface area (Å²) in [6, 6.07) is 0. The van der Waals surface area contributed by atoms with Crippen LogP contribution >= 0.6 is 0 Å². The first-order valence-electron chi connectivity index (χ1n) is 14.7. The average molecular weight is 585 g/mol. The van der Waals surface area contributed by atoms with Gasteiger partial charge in [-0.2, -0.15) is 0 Å². The Kier molecular flexibility index (Phi) is 35.3. The van der Waals surface area contributed by atoms with E-state index < -0.39 is 0 Å². The van der Waals surface area contributed by atoms with Crippen molar-refractivity contribution >= 4 is 5.97 Å². The molecule has 0 aliphatic carbocycles. The Labute approximate surface area is 241 Å². The minimum absolute atomic E-state index is 0.262. The Bertz CT molecular complexity index is 484. The molecular weight excluding hydrogens is 528 g/mol. The molecule has 0 heterocycles. The second kappa shape index (κ2) is 36.1. The van der Waals surface area contributed by atoms with E-state index in [9.17, 15) is 4.79 Å². The monoisotopic (exact) mass is 584 g/mol. The first-order chi connectivity index (χ1) is 19.8. The van der Waals surface area contributed by atoms with Gasteiger partial charge >= 0.3 is 5.97 Å². The molecule has 12 nitrogen and oxygen atoms in total. The van der Waals surface area contributed by atoms with Gasteiger partial charge in [-0.05, 0) is 6.42 Å². The summed E-state index contributed by atoms with van der Waals surface area (Å²) >= 11 is 0. The lowest BCUT2D eigenvalue weighted by atomic mass is 10.2. The molecular formula is C28H56O12. The first kappa shape index (κ1) is 39.1. The lowest BCUT2D eigenvalue weighted by Crippen LogP contribution is -2.15. The van der Waals surface area contributed by atoms with Gasteiger partial charge in [0.25, 0.3) is 0 Å². The van der Waals surface area contributed by atoms with Gasteiger partial charge in [0.15, 0.2) is 0 Å². The molecule has 0 amide bonds. The van der Waals surface area contributed by atoms with Crippen molar-refractivity contribution in [2.45, 2.75) is 39.5 Å². The van der Waals surface area contributed by atoms with Crippen LogP contribution in [0.1, 0.15) is 39.5 Å². The van der Waals surface area contributed by atoms with Gasteiger partial charge in [-0.15, -0.1) is 0 Å².